The second-order valence-electron chi connectivity index (χ2n) is 7.98. The van der Waals surface area contributed by atoms with Crippen LogP contribution in [0.25, 0.3) is 11.1 Å². The first-order chi connectivity index (χ1) is 16.2. The molecule has 0 saturated heterocycles. The Morgan fingerprint density at radius 2 is 1.94 bits per heavy atom. The molecule has 0 fully saturated rings. The van der Waals surface area contributed by atoms with Gasteiger partial charge in [-0.1, -0.05) is 18.2 Å². The summed E-state index contributed by atoms with van der Waals surface area (Å²) in [5, 5.41) is 27.5. The summed E-state index contributed by atoms with van der Waals surface area (Å²) in [5.74, 6) is -3.54. The molecule has 1 aliphatic heterocycles. The van der Waals surface area contributed by atoms with Crippen molar-refractivity contribution in [2.45, 2.75) is 25.3 Å². The summed E-state index contributed by atoms with van der Waals surface area (Å²) < 4.78 is 27.5. The van der Waals surface area contributed by atoms with Gasteiger partial charge in [-0.2, -0.15) is 0 Å². The number of aliphatic hydroxyl groups is 1. The third-order valence-corrected chi connectivity index (χ3v) is 5.66. The molecule has 2 aliphatic rings. The number of allylic oxidation sites excluding steroid dienone is 1. The monoisotopic (exact) mass is 469 g/mol. The summed E-state index contributed by atoms with van der Waals surface area (Å²) in [5.41, 5.74) is 1.74. The average Bonchev–Trinajstić information content (AvgIpc) is 3.24. The van der Waals surface area contributed by atoms with Gasteiger partial charge >= 0.3 is 12.0 Å². The van der Waals surface area contributed by atoms with E-state index in [2.05, 4.69) is 16.0 Å². The number of carboxylic acid groups (broad SMARTS) is 1. The van der Waals surface area contributed by atoms with Crippen molar-refractivity contribution >= 4 is 17.8 Å². The van der Waals surface area contributed by atoms with E-state index in [0.29, 0.717) is 29.8 Å². The number of carbonyl (C=O) groups excluding carboxylic acids is 2. The third kappa shape index (κ3) is 4.75. The van der Waals surface area contributed by atoms with Gasteiger partial charge in [-0.05, 0) is 41.3 Å². The maximum absolute atomic E-state index is 14.2. The molecule has 2 amide bonds. The SMILES string of the molecule is O=C(O)C[C@H](NC(=O)NC1=C(O)C2=C(CCN2)CC1=O)c1cccc(-c2ccc(F)cc2F)c1. The van der Waals surface area contributed by atoms with Crippen molar-refractivity contribution in [3.05, 3.63) is 82.4 Å². The van der Waals surface area contributed by atoms with Gasteiger partial charge in [-0.25, -0.2) is 13.6 Å². The molecule has 2 aromatic carbocycles. The lowest BCUT2D eigenvalue weighted by Crippen LogP contribution is -2.41. The predicted molar refractivity (Wildman–Crippen MR) is 117 cm³/mol. The van der Waals surface area contributed by atoms with Crippen LogP contribution in [0.15, 0.2) is 65.2 Å². The van der Waals surface area contributed by atoms with E-state index in [4.69, 9.17) is 0 Å². The molecule has 2 aromatic rings. The largest absolute Gasteiger partial charge is 0.504 e. The molecule has 8 nitrogen and oxygen atoms in total. The number of urea groups is 1. The molecule has 5 N–H and O–H groups in total. The molecular formula is C24H21F2N3O5. The number of carbonyl (C=O) groups is 3. The quantitative estimate of drug-likeness (QED) is 0.441. The van der Waals surface area contributed by atoms with Gasteiger partial charge < -0.3 is 26.2 Å². The van der Waals surface area contributed by atoms with Crippen LogP contribution >= 0.6 is 0 Å². The van der Waals surface area contributed by atoms with Gasteiger partial charge in [0.15, 0.2) is 11.5 Å². The molecule has 0 aromatic heterocycles. The van der Waals surface area contributed by atoms with Crippen LogP contribution in [0, 0.1) is 11.6 Å². The number of carboxylic acids is 1. The molecule has 0 radical (unpaired) electrons. The van der Waals surface area contributed by atoms with Crippen molar-refractivity contribution in [1.82, 2.24) is 16.0 Å². The molecule has 1 aliphatic carbocycles. The van der Waals surface area contributed by atoms with Gasteiger partial charge in [-0.3, -0.25) is 9.59 Å². The number of ketones is 1. The van der Waals surface area contributed by atoms with Crippen molar-refractivity contribution < 1.29 is 33.4 Å². The van der Waals surface area contributed by atoms with Gasteiger partial charge in [0.1, 0.15) is 17.3 Å². The molecule has 4 rings (SSSR count). The van der Waals surface area contributed by atoms with Crippen LogP contribution < -0.4 is 16.0 Å². The zero-order valence-electron chi connectivity index (χ0n) is 17.8. The molecule has 1 heterocycles. The number of hydrogen-bond donors (Lipinski definition) is 5. The predicted octanol–water partition coefficient (Wildman–Crippen LogP) is 3.44. The van der Waals surface area contributed by atoms with Crippen LogP contribution in [-0.4, -0.2) is 34.5 Å². The van der Waals surface area contributed by atoms with Gasteiger partial charge in [-0.15, -0.1) is 0 Å². The molecule has 0 spiro atoms. The van der Waals surface area contributed by atoms with E-state index < -0.39 is 41.9 Å². The summed E-state index contributed by atoms with van der Waals surface area (Å²) in [6.07, 6.45) is 0.181. The Kier molecular flexibility index (Phi) is 6.31. The van der Waals surface area contributed by atoms with E-state index in [-0.39, 0.29) is 23.4 Å². The molecular weight excluding hydrogens is 448 g/mol. The molecule has 0 unspecified atom stereocenters. The summed E-state index contributed by atoms with van der Waals surface area (Å²) in [6.45, 7) is 0.577. The Morgan fingerprint density at radius 1 is 1.15 bits per heavy atom. The summed E-state index contributed by atoms with van der Waals surface area (Å²) in [6, 6.07) is 7.36. The van der Waals surface area contributed by atoms with Crippen molar-refractivity contribution in [2.24, 2.45) is 0 Å². The number of benzene rings is 2. The Hall–Kier alpha value is -4.21. The number of hydrogen-bond acceptors (Lipinski definition) is 5. The van der Waals surface area contributed by atoms with Crippen LogP contribution in [0.2, 0.25) is 0 Å². The van der Waals surface area contributed by atoms with E-state index in [0.717, 1.165) is 17.7 Å². The molecule has 0 saturated carbocycles. The number of aliphatic hydroxyl groups excluding tert-OH is 1. The fourth-order valence-electron chi connectivity index (χ4n) is 4.07. The number of Topliss-reactive ketones (excluding diaryl/α,β-unsaturated/α-hetero) is 1. The topological polar surface area (TPSA) is 128 Å². The molecule has 0 bridgehead atoms. The first kappa shape index (κ1) is 23.0. The minimum Gasteiger partial charge on any atom is -0.504 e. The van der Waals surface area contributed by atoms with E-state index in [1.54, 1.807) is 18.2 Å². The van der Waals surface area contributed by atoms with Crippen molar-refractivity contribution in [1.29, 1.82) is 0 Å². The van der Waals surface area contributed by atoms with Crippen LogP contribution in [-0.2, 0) is 9.59 Å². The highest BCUT2D eigenvalue weighted by Crippen LogP contribution is 2.30. The second kappa shape index (κ2) is 9.34. The second-order valence-corrected chi connectivity index (χ2v) is 7.98. The van der Waals surface area contributed by atoms with Crippen LogP contribution in [0.3, 0.4) is 0 Å². The van der Waals surface area contributed by atoms with E-state index in [1.807, 2.05) is 0 Å². The van der Waals surface area contributed by atoms with Gasteiger partial charge in [0, 0.05) is 24.6 Å². The Labute approximate surface area is 193 Å². The number of amides is 2. The standard InChI is InChI=1S/C24H21F2N3O5/c25-15-4-5-16(17(26)10-15)12-2-1-3-13(8-12)18(11-20(31)32)28-24(34)29-22-19(30)9-14-6-7-27-21(14)23(22)33/h1-5,8,10,18,27,33H,6-7,9,11H2,(H,31,32)(H2,28,29,34)/t18-/m0/s1. The lowest BCUT2D eigenvalue weighted by molar-refractivity contribution is -0.137. The number of halogens is 2. The Morgan fingerprint density at radius 3 is 2.68 bits per heavy atom. The fraction of sp³-hybridized carbons (Fsp3) is 0.208. The summed E-state index contributed by atoms with van der Waals surface area (Å²) >= 11 is 0. The minimum atomic E-state index is -1.20. The van der Waals surface area contributed by atoms with Crippen molar-refractivity contribution in [2.75, 3.05) is 6.54 Å². The summed E-state index contributed by atoms with van der Waals surface area (Å²) in [7, 11) is 0. The van der Waals surface area contributed by atoms with Crippen LogP contribution in [0.1, 0.15) is 30.9 Å². The number of aliphatic carboxylic acids is 1. The molecule has 176 valence electrons. The highest BCUT2D eigenvalue weighted by Gasteiger charge is 2.31. The zero-order chi connectivity index (χ0) is 24.4. The lowest BCUT2D eigenvalue weighted by atomic mass is 9.97. The number of rotatable bonds is 6. The van der Waals surface area contributed by atoms with Gasteiger partial charge in [0.2, 0.25) is 0 Å². The molecule has 1 atom stereocenters. The maximum Gasteiger partial charge on any atom is 0.319 e. The highest BCUT2D eigenvalue weighted by molar-refractivity contribution is 6.02. The van der Waals surface area contributed by atoms with Crippen molar-refractivity contribution in [3.8, 4) is 11.1 Å². The first-order valence-electron chi connectivity index (χ1n) is 10.5. The maximum atomic E-state index is 14.2. The number of nitrogens with one attached hydrogen (secondary N) is 3. The first-order valence-corrected chi connectivity index (χ1v) is 10.5. The third-order valence-electron chi connectivity index (χ3n) is 5.66. The average molecular weight is 469 g/mol. The van der Waals surface area contributed by atoms with E-state index in [1.165, 1.54) is 12.1 Å². The highest BCUT2D eigenvalue weighted by atomic mass is 19.1. The molecule has 10 heteroatoms. The lowest BCUT2D eigenvalue weighted by Gasteiger charge is -2.21. The van der Waals surface area contributed by atoms with E-state index in [9.17, 15) is 33.4 Å². The van der Waals surface area contributed by atoms with Crippen molar-refractivity contribution in [3.63, 3.8) is 0 Å². The van der Waals surface area contributed by atoms with E-state index >= 15 is 0 Å². The van der Waals surface area contributed by atoms with Crippen LogP contribution in [0.5, 0.6) is 0 Å². The normalized spacial score (nSPS) is 16.1. The Balaban J connectivity index is 1.57. The van der Waals surface area contributed by atoms with Gasteiger partial charge in [0.25, 0.3) is 0 Å². The van der Waals surface area contributed by atoms with Gasteiger partial charge in [0.05, 0.1) is 18.2 Å². The smallest absolute Gasteiger partial charge is 0.319 e. The zero-order valence-corrected chi connectivity index (χ0v) is 17.8. The fourth-order valence-corrected chi connectivity index (χ4v) is 4.07. The minimum absolute atomic E-state index is 0.0613. The molecule has 34 heavy (non-hydrogen) atoms. The summed E-state index contributed by atoms with van der Waals surface area (Å²) in [4.78, 5) is 36.5. The van der Waals surface area contributed by atoms with Crippen LogP contribution in [0.4, 0.5) is 13.6 Å². The Bertz CT molecular complexity index is 1250.